The first kappa shape index (κ1) is 15.9. The molecule has 3 aromatic rings. The topological polar surface area (TPSA) is 94.0 Å². The third-order valence-electron chi connectivity index (χ3n) is 3.16. The lowest BCUT2D eigenvalue weighted by Crippen LogP contribution is -2.30. The van der Waals surface area contributed by atoms with Crippen LogP contribution < -0.4 is 4.72 Å². The number of nitrogens with one attached hydrogen (secondary N) is 1. The average Bonchev–Trinajstić information content (AvgIpc) is 3.01. The Morgan fingerprint density at radius 1 is 1.39 bits per heavy atom. The van der Waals surface area contributed by atoms with E-state index in [1.165, 1.54) is 29.7 Å². The highest BCUT2D eigenvalue weighted by Gasteiger charge is 2.22. The zero-order valence-corrected chi connectivity index (χ0v) is 14.5. The standard InChI is InChI=1S/C13H11ClN4O3S2/c1-7-9-6-10(22-13(9)18(2)16-7)12(19)17-23(20,21)8-3-4-15-11(14)5-8/h3-6H,1-2H3,(H,17,19). The van der Waals surface area contributed by atoms with E-state index in [0.717, 1.165) is 15.9 Å². The number of fused-ring (bicyclic) bond motifs is 1. The van der Waals surface area contributed by atoms with Gasteiger partial charge in [-0.25, -0.2) is 18.1 Å². The van der Waals surface area contributed by atoms with Gasteiger partial charge in [-0.15, -0.1) is 11.3 Å². The van der Waals surface area contributed by atoms with Gasteiger partial charge in [0.1, 0.15) is 9.98 Å². The van der Waals surface area contributed by atoms with Crippen molar-refractivity contribution in [3.8, 4) is 0 Å². The number of aromatic nitrogens is 3. The lowest BCUT2D eigenvalue weighted by atomic mass is 10.3. The second-order valence-corrected chi connectivity index (χ2v) is 7.89. The monoisotopic (exact) mass is 370 g/mol. The first-order valence-corrected chi connectivity index (χ1v) is 9.07. The van der Waals surface area contributed by atoms with Crippen LogP contribution in [0.15, 0.2) is 29.3 Å². The number of rotatable bonds is 3. The van der Waals surface area contributed by atoms with Crippen LogP contribution in [0.1, 0.15) is 15.4 Å². The quantitative estimate of drug-likeness (QED) is 0.712. The minimum atomic E-state index is -4.01. The number of hydrogen-bond donors (Lipinski definition) is 1. The Balaban J connectivity index is 1.92. The smallest absolute Gasteiger partial charge is 0.267 e. The summed E-state index contributed by atoms with van der Waals surface area (Å²) in [4.78, 5) is 16.9. The minimum Gasteiger partial charge on any atom is -0.267 e. The summed E-state index contributed by atoms with van der Waals surface area (Å²) in [6, 6.07) is 4.07. The lowest BCUT2D eigenvalue weighted by molar-refractivity contribution is 0.0985. The molecule has 0 radical (unpaired) electrons. The van der Waals surface area contributed by atoms with Crippen molar-refractivity contribution in [2.45, 2.75) is 11.8 Å². The van der Waals surface area contributed by atoms with E-state index in [4.69, 9.17) is 11.6 Å². The van der Waals surface area contributed by atoms with Gasteiger partial charge in [-0.2, -0.15) is 5.10 Å². The molecule has 7 nitrogen and oxygen atoms in total. The zero-order chi connectivity index (χ0) is 16.8. The van der Waals surface area contributed by atoms with Crippen molar-refractivity contribution >= 4 is 49.1 Å². The maximum atomic E-state index is 12.3. The van der Waals surface area contributed by atoms with Gasteiger partial charge in [-0.3, -0.25) is 9.48 Å². The third-order valence-corrected chi connectivity index (χ3v) is 5.89. The predicted octanol–water partition coefficient (Wildman–Crippen LogP) is 2.11. The lowest BCUT2D eigenvalue weighted by Gasteiger charge is -2.05. The number of thiophene rings is 1. The molecule has 0 bridgehead atoms. The molecule has 120 valence electrons. The van der Waals surface area contributed by atoms with E-state index in [2.05, 4.69) is 10.1 Å². The molecule has 3 heterocycles. The molecule has 0 aliphatic heterocycles. The molecule has 3 aromatic heterocycles. The first-order chi connectivity index (χ1) is 10.8. The van der Waals surface area contributed by atoms with E-state index in [-0.39, 0.29) is 10.0 Å². The third kappa shape index (κ3) is 2.94. The number of sulfonamides is 1. The fourth-order valence-corrected chi connectivity index (χ4v) is 4.40. The van der Waals surface area contributed by atoms with Gasteiger partial charge in [0.2, 0.25) is 0 Å². The normalized spacial score (nSPS) is 11.8. The molecule has 10 heteroatoms. The van der Waals surface area contributed by atoms with E-state index in [9.17, 15) is 13.2 Å². The highest BCUT2D eigenvalue weighted by Crippen LogP contribution is 2.27. The number of carbonyl (C=O) groups excluding carboxylic acids is 1. The van der Waals surface area contributed by atoms with Crippen LogP contribution in [0.5, 0.6) is 0 Å². The summed E-state index contributed by atoms with van der Waals surface area (Å²) >= 11 is 6.86. The van der Waals surface area contributed by atoms with E-state index in [1.54, 1.807) is 17.8 Å². The second-order valence-electron chi connectivity index (χ2n) is 4.79. The molecule has 0 unspecified atom stereocenters. The van der Waals surface area contributed by atoms with Crippen LogP contribution in [0.3, 0.4) is 0 Å². The van der Waals surface area contributed by atoms with Gasteiger partial charge in [0, 0.05) is 18.6 Å². The van der Waals surface area contributed by atoms with E-state index >= 15 is 0 Å². The molecule has 0 saturated heterocycles. The number of halogens is 1. The molecule has 23 heavy (non-hydrogen) atoms. The van der Waals surface area contributed by atoms with Gasteiger partial charge in [0.05, 0.1) is 15.5 Å². The van der Waals surface area contributed by atoms with Gasteiger partial charge in [-0.05, 0) is 25.1 Å². The van der Waals surface area contributed by atoms with Crippen LogP contribution in [0.2, 0.25) is 5.15 Å². The Bertz CT molecular complexity index is 989. The van der Waals surface area contributed by atoms with Gasteiger partial charge in [0.15, 0.2) is 0 Å². The molecular formula is C13H11ClN4O3S2. The maximum absolute atomic E-state index is 12.3. The molecule has 0 saturated carbocycles. The van der Waals surface area contributed by atoms with Crippen molar-refractivity contribution in [3.05, 3.63) is 40.1 Å². The number of amides is 1. The van der Waals surface area contributed by atoms with Crippen LogP contribution in [0.4, 0.5) is 0 Å². The largest absolute Gasteiger partial charge is 0.275 e. The Kier molecular flexibility index (Phi) is 3.86. The summed E-state index contributed by atoms with van der Waals surface area (Å²) in [7, 11) is -2.24. The van der Waals surface area contributed by atoms with Gasteiger partial charge >= 0.3 is 0 Å². The highest BCUT2D eigenvalue weighted by molar-refractivity contribution is 7.90. The molecule has 1 amide bonds. The zero-order valence-electron chi connectivity index (χ0n) is 12.1. The molecule has 0 atom stereocenters. The second kappa shape index (κ2) is 5.59. The minimum absolute atomic E-state index is 0.0314. The van der Waals surface area contributed by atoms with Gasteiger partial charge < -0.3 is 0 Å². The van der Waals surface area contributed by atoms with Crippen molar-refractivity contribution < 1.29 is 13.2 Å². The van der Waals surface area contributed by atoms with Crippen molar-refractivity contribution in [1.29, 1.82) is 0 Å². The summed E-state index contributed by atoms with van der Waals surface area (Å²) in [5.74, 6) is -0.696. The van der Waals surface area contributed by atoms with Crippen LogP contribution in [-0.2, 0) is 17.1 Å². The van der Waals surface area contributed by atoms with Crippen molar-refractivity contribution in [3.63, 3.8) is 0 Å². The molecule has 0 fully saturated rings. The molecule has 0 aromatic carbocycles. The highest BCUT2D eigenvalue weighted by atomic mass is 35.5. The number of aryl methyl sites for hydroxylation is 2. The maximum Gasteiger partial charge on any atom is 0.275 e. The fraction of sp³-hybridized carbons (Fsp3) is 0.154. The van der Waals surface area contributed by atoms with Gasteiger partial charge in [-0.1, -0.05) is 11.6 Å². The van der Waals surface area contributed by atoms with E-state index < -0.39 is 15.9 Å². The molecule has 1 N–H and O–H groups in total. The van der Waals surface area contributed by atoms with Crippen LogP contribution in [0.25, 0.3) is 10.2 Å². The number of hydrogen-bond acceptors (Lipinski definition) is 6. The number of carbonyl (C=O) groups is 1. The SMILES string of the molecule is Cc1nn(C)c2sc(C(=O)NS(=O)(=O)c3ccnc(Cl)c3)cc12. The molecule has 0 spiro atoms. The van der Waals surface area contributed by atoms with Crippen LogP contribution in [-0.4, -0.2) is 29.1 Å². The average molecular weight is 371 g/mol. The molecule has 0 aliphatic carbocycles. The number of nitrogens with zero attached hydrogens (tertiary/aromatic N) is 3. The summed E-state index contributed by atoms with van der Waals surface area (Å²) in [6.45, 7) is 1.83. The van der Waals surface area contributed by atoms with E-state index in [1.807, 2.05) is 11.6 Å². The van der Waals surface area contributed by atoms with Crippen molar-refractivity contribution in [2.24, 2.45) is 7.05 Å². The van der Waals surface area contributed by atoms with Crippen molar-refractivity contribution in [1.82, 2.24) is 19.5 Å². The Hall–Kier alpha value is -1.97. The van der Waals surface area contributed by atoms with Gasteiger partial charge in [0.25, 0.3) is 15.9 Å². The number of pyridine rings is 1. The summed E-state index contributed by atoms with van der Waals surface area (Å²) in [5.41, 5.74) is 0.779. The van der Waals surface area contributed by atoms with Crippen LogP contribution in [0, 0.1) is 6.92 Å². The summed E-state index contributed by atoms with van der Waals surface area (Å²) < 4.78 is 28.1. The van der Waals surface area contributed by atoms with Crippen molar-refractivity contribution in [2.75, 3.05) is 0 Å². The predicted molar refractivity (Wildman–Crippen MR) is 87.2 cm³/mol. The Morgan fingerprint density at radius 2 is 2.13 bits per heavy atom. The molecular weight excluding hydrogens is 360 g/mol. The van der Waals surface area contributed by atoms with E-state index in [0.29, 0.717) is 4.88 Å². The Labute approximate surface area is 141 Å². The summed E-state index contributed by atoms with van der Waals surface area (Å²) in [5, 5.41) is 5.10. The Morgan fingerprint density at radius 3 is 2.78 bits per heavy atom. The molecule has 0 aliphatic rings. The van der Waals surface area contributed by atoms with Crippen LogP contribution >= 0.6 is 22.9 Å². The molecule has 3 rings (SSSR count). The first-order valence-electron chi connectivity index (χ1n) is 6.40. The summed E-state index contributed by atoms with van der Waals surface area (Å²) in [6.07, 6.45) is 1.26. The fourth-order valence-electron chi connectivity index (χ4n) is 2.10.